The molecule has 1 heterocycles. The smallest absolute Gasteiger partial charge is 0.306 e. The van der Waals surface area contributed by atoms with Crippen molar-refractivity contribution in [3.63, 3.8) is 0 Å². The maximum Gasteiger partial charge on any atom is 0.306 e. The second kappa shape index (κ2) is 44.5. The van der Waals surface area contributed by atoms with Crippen LogP contribution in [0.15, 0.2) is 48.6 Å². The summed E-state index contributed by atoms with van der Waals surface area (Å²) in [6.45, 7) is 3.32. The number of esters is 2. The summed E-state index contributed by atoms with van der Waals surface area (Å²) < 4.78 is 22.2. The highest BCUT2D eigenvalue weighted by atomic mass is 16.7. The fourth-order valence-corrected chi connectivity index (χ4v) is 7.89. The van der Waals surface area contributed by atoms with E-state index in [9.17, 15) is 30.0 Å². The van der Waals surface area contributed by atoms with E-state index < -0.39 is 49.4 Å². The molecule has 0 aromatic carbocycles. The molecular weight excluding hydrogens is 809 g/mol. The Labute approximate surface area is 390 Å². The Morgan fingerprint density at radius 1 is 0.500 bits per heavy atom. The molecule has 4 N–H and O–H groups in total. The van der Waals surface area contributed by atoms with Crippen molar-refractivity contribution >= 4 is 11.9 Å². The fourth-order valence-electron chi connectivity index (χ4n) is 7.89. The van der Waals surface area contributed by atoms with Crippen molar-refractivity contribution in [1.82, 2.24) is 0 Å². The van der Waals surface area contributed by atoms with Gasteiger partial charge in [-0.3, -0.25) is 9.59 Å². The van der Waals surface area contributed by atoms with Crippen LogP contribution in [0.25, 0.3) is 0 Å². The molecule has 1 rings (SSSR count). The fraction of sp³-hybridized carbons (Fsp3) is 0.815. The minimum atomic E-state index is -1.60. The molecule has 0 aliphatic carbocycles. The Kier molecular flexibility index (Phi) is 41.5. The van der Waals surface area contributed by atoms with Crippen LogP contribution in [0.1, 0.15) is 226 Å². The zero-order valence-corrected chi connectivity index (χ0v) is 40.8. The molecule has 0 saturated carbocycles. The van der Waals surface area contributed by atoms with Gasteiger partial charge in [0, 0.05) is 12.8 Å². The van der Waals surface area contributed by atoms with Crippen molar-refractivity contribution in [3.05, 3.63) is 48.6 Å². The Hall–Kier alpha value is -2.34. The molecule has 1 aliphatic rings. The molecule has 0 aromatic heterocycles. The number of carbonyl (C=O) groups excluding carboxylic acids is 2. The largest absolute Gasteiger partial charge is 0.462 e. The Morgan fingerprint density at radius 3 is 1.39 bits per heavy atom. The highest BCUT2D eigenvalue weighted by Gasteiger charge is 2.44. The van der Waals surface area contributed by atoms with Gasteiger partial charge < -0.3 is 39.4 Å². The van der Waals surface area contributed by atoms with Gasteiger partial charge in [-0.15, -0.1) is 0 Å². The molecule has 64 heavy (non-hydrogen) atoms. The van der Waals surface area contributed by atoms with Crippen molar-refractivity contribution in [3.8, 4) is 0 Å². The summed E-state index contributed by atoms with van der Waals surface area (Å²) in [7, 11) is 0. The first kappa shape index (κ1) is 59.7. The predicted molar refractivity (Wildman–Crippen MR) is 261 cm³/mol. The zero-order chi connectivity index (χ0) is 46.6. The van der Waals surface area contributed by atoms with Crippen LogP contribution in [0, 0.1) is 0 Å². The standard InChI is InChI=1S/C54H96O10/c1-3-5-7-9-11-13-15-17-19-21-22-23-24-25-27-28-30-32-34-36-38-40-42-49(56)61-45-47(46-62-54-53(60)52(59)51(58)48(44-55)64-54)63-50(57)43-41-39-37-35-33-31-29-26-20-18-16-14-12-10-8-6-4-2/h6,8,12,14,18,20,29,31,47-48,51-55,58-60H,3-5,7,9-11,13,15-17,19,21-28,30,32-46H2,1-2H3/b8-6-,14-12-,20-18-,31-29-. The second-order valence-corrected chi connectivity index (χ2v) is 18.0. The quantitative estimate of drug-likeness (QED) is 0.0264. The maximum absolute atomic E-state index is 12.8. The highest BCUT2D eigenvalue weighted by Crippen LogP contribution is 2.23. The van der Waals surface area contributed by atoms with Gasteiger partial charge in [-0.1, -0.05) is 210 Å². The number of allylic oxidation sites excluding steroid dienone is 8. The molecule has 1 fully saturated rings. The Morgan fingerprint density at radius 2 is 0.922 bits per heavy atom. The van der Waals surface area contributed by atoms with E-state index in [1.54, 1.807) is 0 Å². The van der Waals surface area contributed by atoms with Crippen LogP contribution >= 0.6 is 0 Å². The van der Waals surface area contributed by atoms with E-state index in [0.29, 0.717) is 6.42 Å². The number of ether oxygens (including phenoxy) is 4. The number of hydrogen-bond donors (Lipinski definition) is 4. The van der Waals surface area contributed by atoms with Crippen LogP contribution in [0.5, 0.6) is 0 Å². The average Bonchev–Trinajstić information content (AvgIpc) is 3.29. The van der Waals surface area contributed by atoms with Crippen LogP contribution < -0.4 is 0 Å². The number of rotatable bonds is 44. The lowest BCUT2D eigenvalue weighted by atomic mass is 9.99. The van der Waals surface area contributed by atoms with Gasteiger partial charge in [0.25, 0.3) is 0 Å². The summed E-state index contributed by atoms with van der Waals surface area (Å²) in [4.78, 5) is 25.5. The van der Waals surface area contributed by atoms with E-state index in [1.807, 2.05) is 0 Å². The summed E-state index contributed by atoms with van der Waals surface area (Å²) in [6.07, 6.45) is 47.0. The van der Waals surface area contributed by atoms with Gasteiger partial charge >= 0.3 is 11.9 Å². The number of unbranched alkanes of at least 4 members (excludes halogenated alkanes) is 25. The topological polar surface area (TPSA) is 152 Å². The highest BCUT2D eigenvalue weighted by molar-refractivity contribution is 5.70. The summed E-state index contributed by atoms with van der Waals surface area (Å²) in [5.74, 6) is -0.827. The lowest BCUT2D eigenvalue weighted by Gasteiger charge is -2.39. The van der Waals surface area contributed by atoms with Crippen molar-refractivity contribution in [1.29, 1.82) is 0 Å². The first-order valence-electron chi connectivity index (χ1n) is 26.2. The van der Waals surface area contributed by atoms with E-state index in [2.05, 4.69) is 62.5 Å². The lowest BCUT2D eigenvalue weighted by Crippen LogP contribution is -2.59. The Bertz CT molecular complexity index is 1180. The molecular formula is C54H96O10. The Balaban J connectivity index is 2.25. The summed E-state index contributed by atoms with van der Waals surface area (Å²) in [5.41, 5.74) is 0. The van der Waals surface area contributed by atoms with Crippen LogP contribution in [-0.2, 0) is 28.5 Å². The van der Waals surface area contributed by atoms with Gasteiger partial charge in [0.15, 0.2) is 12.4 Å². The third kappa shape index (κ3) is 34.9. The van der Waals surface area contributed by atoms with E-state index in [-0.39, 0.29) is 32.0 Å². The zero-order valence-electron chi connectivity index (χ0n) is 40.8. The maximum atomic E-state index is 12.8. The summed E-state index contributed by atoms with van der Waals surface area (Å²) >= 11 is 0. The number of carbonyl (C=O) groups is 2. The van der Waals surface area contributed by atoms with Gasteiger partial charge in [-0.2, -0.15) is 0 Å². The molecule has 0 radical (unpaired) electrons. The van der Waals surface area contributed by atoms with E-state index in [4.69, 9.17) is 18.9 Å². The molecule has 0 amide bonds. The third-order valence-corrected chi connectivity index (χ3v) is 12.0. The third-order valence-electron chi connectivity index (χ3n) is 12.0. The minimum absolute atomic E-state index is 0.202. The van der Waals surface area contributed by atoms with E-state index in [1.165, 1.54) is 122 Å². The van der Waals surface area contributed by atoms with Crippen LogP contribution in [-0.4, -0.2) is 89.0 Å². The minimum Gasteiger partial charge on any atom is -0.462 e. The SMILES string of the molecule is CC/C=C\C/C=C\C/C=C\C/C=C\CCCCCCC(=O)OC(COC(=O)CCCCCCCCCCCCCCCCCCCCCCCC)COC1OC(CO)C(O)C(O)C1O. The molecule has 0 spiro atoms. The lowest BCUT2D eigenvalue weighted by molar-refractivity contribution is -0.305. The van der Waals surface area contributed by atoms with Gasteiger partial charge in [0.1, 0.15) is 31.0 Å². The molecule has 6 atom stereocenters. The first-order valence-corrected chi connectivity index (χ1v) is 26.2. The molecule has 10 heteroatoms. The van der Waals surface area contributed by atoms with Gasteiger partial charge in [-0.25, -0.2) is 0 Å². The van der Waals surface area contributed by atoms with Gasteiger partial charge in [0.2, 0.25) is 0 Å². The monoisotopic (exact) mass is 905 g/mol. The van der Waals surface area contributed by atoms with Crippen molar-refractivity contribution in [2.75, 3.05) is 19.8 Å². The second-order valence-electron chi connectivity index (χ2n) is 18.0. The van der Waals surface area contributed by atoms with Crippen LogP contribution in [0.3, 0.4) is 0 Å². The number of aliphatic hydroxyl groups excluding tert-OH is 4. The van der Waals surface area contributed by atoms with Crippen molar-refractivity contribution < 1.29 is 49.0 Å². The van der Waals surface area contributed by atoms with Gasteiger partial charge in [-0.05, 0) is 51.4 Å². The van der Waals surface area contributed by atoms with Crippen molar-refractivity contribution in [2.24, 2.45) is 0 Å². The molecule has 0 aromatic rings. The summed E-state index contributed by atoms with van der Waals surface area (Å²) in [5, 5.41) is 40.2. The van der Waals surface area contributed by atoms with E-state index in [0.717, 1.165) is 70.6 Å². The molecule has 1 saturated heterocycles. The van der Waals surface area contributed by atoms with Crippen LogP contribution in [0.4, 0.5) is 0 Å². The predicted octanol–water partition coefficient (Wildman–Crippen LogP) is 12.4. The van der Waals surface area contributed by atoms with E-state index >= 15 is 0 Å². The molecule has 6 unspecified atom stereocenters. The summed E-state index contributed by atoms with van der Waals surface area (Å²) in [6, 6.07) is 0. The number of aliphatic hydroxyl groups is 4. The van der Waals surface area contributed by atoms with Crippen molar-refractivity contribution in [2.45, 2.75) is 263 Å². The normalized spacial score (nSPS) is 19.8. The first-order chi connectivity index (χ1) is 31.3. The molecule has 0 bridgehead atoms. The van der Waals surface area contributed by atoms with Crippen LogP contribution in [0.2, 0.25) is 0 Å². The number of hydrogen-bond acceptors (Lipinski definition) is 10. The average molecular weight is 905 g/mol. The molecule has 372 valence electrons. The van der Waals surface area contributed by atoms with Gasteiger partial charge in [0.05, 0.1) is 13.2 Å². The molecule has 1 aliphatic heterocycles. The molecule has 10 nitrogen and oxygen atoms in total.